The molecule has 4 aromatic rings. The van der Waals surface area contributed by atoms with Crippen LogP contribution < -0.4 is 4.57 Å². The van der Waals surface area contributed by atoms with Gasteiger partial charge in [0.2, 0.25) is 5.69 Å². The summed E-state index contributed by atoms with van der Waals surface area (Å²) in [5.41, 5.74) is 4.97. The highest BCUT2D eigenvalue weighted by molar-refractivity contribution is 6.09. The Morgan fingerprint density at radius 1 is 1.11 bits per heavy atom. The van der Waals surface area contributed by atoms with Gasteiger partial charge in [0.15, 0.2) is 6.20 Å². The largest absolute Gasteiger partial charge is 0.455 e. The highest BCUT2D eigenvalue weighted by atomic mass is 16.3. The number of pyridine rings is 1. The Morgan fingerprint density at radius 3 is 2.57 bits per heavy atom. The molecular weight excluding hydrogens is 344 g/mol. The van der Waals surface area contributed by atoms with Crippen molar-refractivity contribution in [3.8, 4) is 17.3 Å². The van der Waals surface area contributed by atoms with Crippen LogP contribution in [0.2, 0.25) is 0 Å². The number of benzene rings is 2. The lowest BCUT2D eigenvalue weighted by atomic mass is 9.88. The zero-order valence-corrected chi connectivity index (χ0v) is 16.9. The Balaban J connectivity index is 2.03. The van der Waals surface area contributed by atoms with E-state index in [9.17, 15) is 5.26 Å². The van der Waals surface area contributed by atoms with E-state index in [0.717, 1.165) is 33.2 Å². The molecule has 2 heterocycles. The molecule has 0 atom stereocenters. The van der Waals surface area contributed by atoms with Gasteiger partial charge in [-0.25, -0.2) is 4.57 Å². The number of nitrogens with zero attached hydrogens (tertiary/aromatic N) is 2. The predicted octanol–water partition coefficient (Wildman–Crippen LogP) is 5.85. The number of hydrogen-bond acceptors (Lipinski definition) is 2. The first-order chi connectivity index (χ1) is 14.0. The summed E-state index contributed by atoms with van der Waals surface area (Å²) in [6, 6.07) is 15.5. The van der Waals surface area contributed by atoms with Gasteiger partial charge in [-0.2, -0.15) is 5.26 Å². The lowest BCUT2D eigenvalue weighted by Crippen LogP contribution is -2.31. The number of nitriles is 1. The number of rotatable bonds is 2. The molecule has 3 nitrogen and oxygen atoms in total. The van der Waals surface area contributed by atoms with Crippen LogP contribution in [0.5, 0.6) is 0 Å². The van der Waals surface area contributed by atoms with Crippen LogP contribution >= 0.6 is 0 Å². The fraction of sp³-hybridized carbons (Fsp3) is 0.280. The summed E-state index contributed by atoms with van der Waals surface area (Å²) < 4.78 is 25.7. The second kappa shape index (κ2) is 6.49. The van der Waals surface area contributed by atoms with E-state index in [1.807, 2.05) is 69.8 Å². The van der Waals surface area contributed by atoms with Crippen molar-refractivity contribution >= 4 is 21.9 Å². The van der Waals surface area contributed by atoms with Crippen LogP contribution in [0.3, 0.4) is 0 Å². The number of furan rings is 1. The molecule has 4 rings (SSSR count). The maximum Gasteiger partial charge on any atom is 0.216 e. The Hall–Kier alpha value is -3.12. The van der Waals surface area contributed by atoms with Crippen molar-refractivity contribution in [2.45, 2.75) is 34.1 Å². The van der Waals surface area contributed by atoms with Crippen LogP contribution in [0.4, 0.5) is 0 Å². The third-order valence-electron chi connectivity index (χ3n) is 4.90. The monoisotopic (exact) mass is 371 g/mol. The van der Waals surface area contributed by atoms with E-state index >= 15 is 0 Å². The molecule has 0 saturated carbocycles. The van der Waals surface area contributed by atoms with E-state index in [0.29, 0.717) is 16.7 Å². The maximum absolute atomic E-state index is 9.23. The lowest BCUT2D eigenvalue weighted by Gasteiger charge is -2.18. The predicted molar refractivity (Wildman–Crippen MR) is 113 cm³/mol. The Morgan fingerprint density at radius 2 is 1.86 bits per heavy atom. The Bertz CT molecular complexity index is 1340. The standard InChI is InChI=1S/C25H25N2O/c1-16-6-8-20-19-9-7-18(15-26)13-22(19)28-24(20)23(16)21-12-17(10-11-27(21)5)14-25(2,3)4/h6-13H,14H2,1-5H3/q+1/i14D2. The quantitative estimate of drug-likeness (QED) is 0.415. The first-order valence-electron chi connectivity index (χ1n) is 10.4. The molecule has 28 heavy (non-hydrogen) atoms. The van der Waals surface area contributed by atoms with Gasteiger partial charge in [-0.05, 0) is 48.0 Å². The lowest BCUT2D eigenvalue weighted by molar-refractivity contribution is -0.660. The van der Waals surface area contributed by atoms with E-state index in [2.05, 4.69) is 12.1 Å². The fourth-order valence-corrected chi connectivity index (χ4v) is 3.66. The van der Waals surface area contributed by atoms with Crippen molar-refractivity contribution in [3.63, 3.8) is 0 Å². The molecule has 0 unspecified atom stereocenters. The molecule has 0 spiro atoms. The fourth-order valence-electron chi connectivity index (χ4n) is 3.66. The topological polar surface area (TPSA) is 40.8 Å². The van der Waals surface area contributed by atoms with E-state index in [1.54, 1.807) is 12.1 Å². The summed E-state index contributed by atoms with van der Waals surface area (Å²) >= 11 is 0. The third-order valence-corrected chi connectivity index (χ3v) is 4.90. The summed E-state index contributed by atoms with van der Waals surface area (Å²) in [6.07, 6.45) is 0.413. The van der Waals surface area contributed by atoms with Gasteiger partial charge in [0.05, 0.1) is 17.2 Å². The molecule has 2 aromatic heterocycles. The number of hydrogen-bond donors (Lipinski definition) is 0. The van der Waals surface area contributed by atoms with Crippen molar-refractivity contribution in [2.24, 2.45) is 12.5 Å². The molecule has 0 N–H and O–H groups in total. The molecular formula is C25H25N2O+. The highest BCUT2D eigenvalue weighted by Gasteiger charge is 2.22. The Kier molecular flexibility index (Phi) is 3.68. The second-order valence-corrected chi connectivity index (χ2v) is 8.35. The Labute approximate surface area is 168 Å². The van der Waals surface area contributed by atoms with E-state index in [1.165, 1.54) is 0 Å². The van der Waals surface area contributed by atoms with E-state index in [4.69, 9.17) is 7.16 Å². The molecule has 0 aliphatic heterocycles. The van der Waals surface area contributed by atoms with Crippen molar-refractivity contribution in [1.29, 1.82) is 5.26 Å². The van der Waals surface area contributed by atoms with Crippen molar-refractivity contribution in [1.82, 2.24) is 0 Å². The smallest absolute Gasteiger partial charge is 0.216 e. The molecule has 0 saturated heterocycles. The van der Waals surface area contributed by atoms with Crippen LogP contribution in [0.25, 0.3) is 33.2 Å². The average Bonchev–Trinajstić information content (AvgIpc) is 3.05. The van der Waals surface area contributed by atoms with Crippen molar-refractivity contribution in [3.05, 3.63) is 65.4 Å². The minimum absolute atomic E-state index is 0.543. The van der Waals surface area contributed by atoms with Gasteiger partial charge in [0.1, 0.15) is 18.2 Å². The van der Waals surface area contributed by atoms with E-state index < -0.39 is 11.8 Å². The third kappa shape index (κ3) is 3.16. The first-order valence-corrected chi connectivity index (χ1v) is 9.41. The summed E-state index contributed by atoms with van der Waals surface area (Å²) in [4.78, 5) is 0. The molecule has 0 aliphatic rings. The number of aromatic nitrogens is 1. The normalized spacial score (nSPS) is 13.4. The summed E-state index contributed by atoms with van der Waals surface area (Å²) in [6.45, 7) is 7.78. The van der Waals surface area contributed by atoms with Gasteiger partial charge in [-0.1, -0.05) is 32.9 Å². The van der Waals surface area contributed by atoms with Crippen LogP contribution in [0.15, 0.2) is 53.1 Å². The summed E-state index contributed by atoms with van der Waals surface area (Å²) in [5, 5.41) is 11.2. The van der Waals surface area contributed by atoms with Gasteiger partial charge in [-0.3, -0.25) is 0 Å². The number of fused-ring (bicyclic) bond motifs is 3. The molecule has 0 aliphatic carbocycles. The average molecular weight is 372 g/mol. The van der Waals surface area contributed by atoms with Crippen molar-refractivity contribution in [2.75, 3.05) is 0 Å². The highest BCUT2D eigenvalue weighted by Crippen LogP contribution is 2.37. The summed E-state index contributed by atoms with van der Waals surface area (Å²) in [7, 11) is 1.96. The van der Waals surface area contributed by atoms with Gasteiger partial charge >= 0.3 is 0 Å². The van der Waals surface area contributed by atoms with Crippen LogP contribution in [-0.4, -0.2) is 0 Å². The molecule has 140 valence electrons. The molecule has 0 bridgehead atoms. The molecule has 0 fully saturated rings. The second-order valence-electron chi connectivity index (χ2n) is 8.35. The van der Waals surface area contributed by atoms with Crippen molar-refractivity contribution < 1.29 is 11.7 Å². The van der Waals surface area contributed by atoms with Gasteiger partial charge in [0.25, 0.3) is 0 Å². The molecule has 2 aromatic carbocycles. The first kappa shape index (κ1) is 15.9. The zero-order chi connectivity index (χ0) is 21.8. The van der Waals surface area contributed by atoms with Crippen LogP contribution in [-0.2, 0) is 13.4 Å². The van der Waals surface area contributed by atoms with Gasteiger partial charge in [0, 0.05) is 25.6 Å². The molecule has 0 amide bonds. The maximum atomic E-state index is 9.23. The molecule has 0 radical (unpaired) electrons. The van der Waals surface area contributed by atoms with Gasteiger partial charge < -0.3 is 4.42 Å². The summed E-state index contributed by atoms with van der Waals surface area (Å²) in [5.74, 6) is 0. The number of aryl methyl sites for hydroxylation is 2. The zero-order valence-electron chi connectivity index (χ0n) is 18.9. The minimum atomic E-state index is -1.49. The van der Waals surface area contributed by atoms with E-state index in [-0.39, 0.29) is 0 Å². The van der Waals surface area contributed by atoms with Gasteiger partial charge in [-0.15, -0.1) is 0 Å². The van der Waals surface area contributed by atoms with Crippen LogP contribution in [0, 0.1) is 23.7 Å². The SMILES string of the molecule is [2H]C([2H])(c1cc[n+](C)c(-c2c(C)ccc3c2oc2cc(C#N)ccc23)c1)C(C)(C)C. The minimum Gasteiger partial charge on any atom is -0.455 e. The molecule has 3 heteroatoms. The van der Waals surface area contributed by atoms with Crippen LogP contribution in [0.1, 0.15) is 40.2 Å².